The minimum atomic E-state index is 0.000624. The number of rotatable bonds is 6. The lowest BCUT2D eigenvalue weighted by atomic mass is 10.1. The molecule has 2 heterocycles. The van der Waals surface area contributed by atoms with E-state index in [1.807, 2.05) is 43.5 Å². The molecule has 1 unspecified atom stereocenters. The molecular weight excluding hydrogens is 316 g/mol. The van der Waals surface area contributed by atoms with Crippen molar-refractivity contribution in [3.8, 4) is 0 Å². The van der Waals surface area contributed by atoms with Crippen molar-refractivity contribution in [3.63, 3.8) is 0 Å². The standard InChI is InChI=1S/C19H26N4O2/c1-14(12-19(24)22-16-6-4-3-5-7-16)21-18-13-20-23(15(18)2)17-8-10-25-11-9-17/h3-7,13-14,17,21H,8-12H2,1-2H3,(H,22,24). The number of nitrogens with zero attached hydrogens (tertiary/aromatic N) is 2. The molecule has 134 valence electrons. The Kier molecular flexibility index (Phi) is 5.71. The van der Waals surface area contributed by atoms with Crippen LogP contribution in [-0.4, -0.2) is 34.9 Å². The summed E-state index contributed by atoms with van der Waals surface area (Å²) < 4.78 is 7.51. The van der Waals surface area contributed by atoms with E-state index in [9.17, 15) is 4.79 Å². The van der Waals surface area contributed by atoms with Gasteiger partial charge in [-0.25, -0.2) is 0 Å². The van der Waals surface area contributed by atoms with Crippen LogP contribution in [0, 0.1) is 6.92 Å². The van der Waals surface area contributed by atoms with E-state index in [1.54, 1.807) is 0 Å². The number of hydrogen-bond acceptors (Lipinski definition) is 4. The van der Waals surface area contributed by atoms with Crippen molar-refractivity contribution in [3.05, 3.63) is 42.2 Å². The highest BCUT2D eigenvalue weighted by atomic mass is 16.5. The molecule has 1 aliphatic heterocycles. The number of amides is 1. The Hall–Kier alpha value is -2.34. The molecule has 1 amide bonds. The third-order valence-electron chi connectivity index (χ3n) is 4.53. The van der Waals surface area contributed by atoms with Crippen molar-refractivity contribution >= 4 is 17.3 Å². The summed E-state index contributed by atoms with van der Waals surface area (Å²) in [4.78, 5) is 12.2. The molecule has 0 spiro atoms. The maximum absolute atomic E-state index is 12.2. The molecule has 1 saturated heterocycles. The fourth-order valence-electron chi connectivity index (χ4n) is 3.19. The van der Waals surface area contributed by atoms with Gasteiger partial charge in [-0.05, 0) is 38.8 Å². The molecule has 0 aliphatic carbocycles. The van der Waals surface area contributed by atoms with Gasteiger partial charge in [-0.15, -0.1) is 0 Å². The Morgan fingerprint density at radius 1 is 1.32 bits per heavy atom. The number of hydrogen-bond donors (Lipinski definition) is 2. The summed E-state index contributed by atoms with van der Waals surface area (Å²) in [6.07, 6.45) is 4.25. The van der Waals surface area contributed by atoms with Crippen LogP contribution in [-0.2, 0) is 9.53 Å². The molecule has 6 heteroatoms. The quantitative estimate of drug-likeness (QED) is 0.844. The van der Waals surface area contributed by atoms with Gasteiger partial charge in [0.1, 0.15) is 0 Å². The van der Waals surface area contributed by atoms with Gasteiger partial charge in [-0.2, -0.15) is 5.10 Å². The number of benzene rings is 1. The van der Waals surface area contributed by atoms with E-state index in [0.29, 0.717) is 12.5 Å². The second-order valence-electron chi connectivity index (χ2n) is 6.60. The minimum Gasteiger partial charge on any atom is -0.381 e. The fourth-order valence-corrected chi connectivity index (χ4v) is 3.19. The molecule has 0 bridgehead atoms. The number of nitrogens with one attached hydrogen (secondary N) is 2. The van der Waals surface area contributed by atoms with Crippen LogP contribution >= 0.6 is 0 Å². The van der Waals surface area contributed by atoms with Gasteiger partial charge in [-0.3, -0.25) is 9.48 Å². The SMILES string of the molecule is Cc1c(NC(C)CC(=O)Nc2ccccc2)cnn1C1CCOCC1. The van der Waals surface area contributed by atoms with Crippen molar-refractivity contribution in [1.82, 2.24) is 9.78 Å². The van der Waals surface area contributed by atoms with Crippen LogP contribution in [0.25, 0.3) is 0 Å². The Bertz CT molecular complexity index is 693. The maximum Gasteiger partial charge on any atom is 0.226 e. The fraction of sp³-hybridized carbons (Fsp3) is 0.474. The molecule has 1 aromatic carbocycles. The first-order valence-electron chi connectivity index (χ1n) is 8.87. The molecule has 3 rings (SSSR count). The second kappa shape index (κ2) is 8.16. The zero-order valence-corrected chi connectivity index (χ0v) is 14.9. The van der Waals surface area contributed by atoms with E-state index in [-0.39, 0.29) is 11.9 Å². The van der Waals surface area contributed by atoms with Gasteiger partial charge in [0.15, 0.2) is 0 Å². The van der Waals surface area contributed by atoms with Crippen LogP contribution < -0.4 is 10.6 Å². The topological polar surface area (TPSA) is 68.2 Å². The van der Waals surface area contributed by atoms with Crippen LogP contribution in [0.1, 0.15) is 37.9 Å². The monoisotopic (exact) mass is 342 g/mol. The summed E-state index contributed by atoms with van der Waals surface area (Å²) in [5.41, 5.74) is 2.93. The van der Waals surface area contributed by atoms with Gasteiger partial charge < -0.3 is 15.4 Å². The number of aromatic nitrogens is 2. The normalized spacial score (nSPS) is 16.4. The van der Waals surface area contributed by atoms with Crippen molar-refractivity contribution in [2.75, 3.05) is 23.8 Å². The van der Waals surface area contributed by atoms with E-state index in [4.69, 9.17) is 4.74 Å². The molecule has 0 radical (unpaired) electrons. The van der Waals surface area contributed by atoms with E-state index < -0.39 is 0 Å². The van der Waals surface area contributed by atoms with Crippen LogP contribution in [0.2, 0.25) is 0 Å². The highest BCUT2D eigenvalue weighted by Crippen LogP contribution is 2.25. The van der Waals surface area contributed by atoms with E-state index in [0.717, 1.165) is 43.1 Å². The zero-order valence-electron chi connectivity index (χ0n) is 14.9. The largest absolute Gasteiger partial charge is 0.381 e. The van der Waals surface area contributed by atoms with E-state index in [1.165, 1.54) is 0 Å². The lowest BCUT2D eigenvalue weighted by Gasteiger charge is -2.24. The summed E-state index contributed by atoms with van der Waals surface area (Å²) in [6, 6.07) is 9.95. The molecule has 2 N–H and O–H groups in total. The lowest BCUT2D eigenvalue weighted by molar-refractivity contribution is -0.116. The Morgan fingerprint density at radius 3 is 2.76 bits per heavy atom. The highest BCUT2D eigenvalue weighted by molar-refractivity contribution is 5.91. The molecular formula is C19H26N4O2. The molecule has 6 nitrogen and oxygen atoms in total. The molecule has 1 aromatic heterocycles. The van der Waals surface area contributed by atoms with Gasteiger partial charge in [0.05, 0.1) is 23.6 Å². The third kappa shape index (κ3) is 4.60. The van der Waals surface area contributed by atoms with Crippen molar-refractivity contribution in [2.24, 2.45) is 0 Å². The van der Waals surface area contributed by atoms with Crippen molar-refractivity contribution in [2.45, 2.75) is 45.2 Å². The Morgan fingerprint density at radius 2 is 2.04 bits per heavy atom. The van der Waals surface area contributed by atoms with Crippen LogP contribution in [0.4, 0.5) is 11.4 Å². The predicted octanol–water partition coefficient (Wildman–Crippen LogP) is 3.37. The summed E-state index contributed by atoms with van der Waals surface area (Å²) in [6.45, 7) is 5.67. The first kappa shape index (κ1) is 17.5. The van der Waals surface area contributed by atoms with Crippen LogP contribution in [0.3, 0.4) is 0 Å². The van der Waals surface area contributed by atoms with Gasteiger partial charge in [0.2, 0.25) is 5.91 Å². The maximum atomic E-state index is 12.2. The van der Waals surface area contributed by atoms with Gasteiger partial charge in [0, 0.05) is 31.4 Å². The number of anilines is 2. The van der Waals surface area contributed by atoms with Gasteiger partial charge in [-0.1, -0.05) is 18.2 Å². The summed E-state index contributed by atoms with van der Waals surface area (Å²) >= 11 is 0. The predicted molar refractivity (Wildman–Crippen MR) is 98.8 cm³/mol. The molecule has 1 fully saturated rings. The highest BCUT2D eigenvalue weighted by Gasteiger charge is 2.20. The average molecular weight is 342 g/mol. The average Bonchev–Trinajstić information content (AvgIpc) is 2.97. The van der Waals surface area contributed by atoms with Crippen molar-refractivity contribution in [1.29, 1.82) is 0 Å². The van der Waals surface area contributed by atoms with Crippen LogP contribution in [0.5, 0.6) is 0 Å². The molecule has 2 aromatic rings. The smallest absolute Gasteiger partial charge is 0.226 e. The molecule has 1 aliphatic rings. The van der Waals surface area contributed by atoms with Gasteiger partial charge in [0.25, 0.3) is 0 Å². The van der Waals surface area contributed by atoms with Crippen molar-refractivity contribution < 1.29 is 9.53 Å². The summed E-state index contributed by atoms with van der Waals surface area (Å²) in [7, 11) is 0. The Labute approximate surface area is 148 Å². The molecule has 0 saturated carbocycles. The summed E-state index contributed by atoms with van der Waals surface area (Å²) in [5, 5.41) is 10.9. The van der Waals surface area contributed by atoms with E-state index >= 15 is 0 Å². The minimum absolute atomic E-state index is 0.000624. The first-order chi connectivity index (χ1) is 12.1. The summed E-state index contributed by atoms with van der Waals surface area (Å²) in [5.74, 6) is 0.000624. The first-order valence-corrected chi connectivity index (χ1v) is 8.87. The third-order valence-corrected chi connectivity index (χ3v) is 4.53. The zero-order chi connectivity index (χ0) is 17.6. The number of para-hydroxylation sites is 1. The molecule has 1 atom stereocenters. The second-order valence-corrected chi connectivity index (χ2v) is 6.60. The Balaban J connectivity index is 1.55. The van der Waals surface area contributed by atoms with Gasteiger partial charge >= 0.3 is 0 Å². The van der Waals surface area contributed by atoms with Crippen LogP contribution in [0.15, 0.2) is 36.5 Å². The number of ether oxygens (including phenoxy) is 1. The van der Waals surface area contributed by atoms with E-state index in [2.05, 4.69) is 27.3 Å². The number of carbonyl (C=O) groups is 1. The number of carbonyl (C=O) groups excluding carboxylic acids is 1. The molecule has 25 heavy (non-hydrogen) atoms. The lowest BCUT2D eigenvalue weighted by Crippen LogP contribution is -2.24.